The van der Waals surface area contributed by atoms with E-state index in [-0.39, 0.29) is 97.9 Å². The molecule has 14 nitrogen and oxygen atoms in total. The van der Waals surface area contributed by atoms with Crippen LogP contribution in [-0.2, 0) is 72.3 Å². The zero-order valence-corrected chi connectivity index (χ0v) is 27.7. The van der Waals surface area contributed by atoms with Crippen molar-refractivity contribution in [2.75, 3.05) is 0 Å². The van der Waals surface area contributed by atoms with Gasteiger partial charge in [-0.25, -0.2) is 0 Å². The van der Waals surface area contributed by atoms with Crippen LogP contribution in [0.5, 0.6) is 0 Å². The fourth-order valence-electron chi connectivity index (χ4n) is 2.30. The molecule has 3 fully saturated rings. The van der Waals surface area contributed by atoms with Crippen LogP contribution in [0.2, 0.25) is 0 Å². The van der Waals surface area contributed by atoms with Crippen LogP contribution in [0.15, 0.2) is 0 Å². The van der Waals surface area contributed by atoms with Gasteiger partial charge in [-0.3, -0.25) is 0 Å². The minimum atomic E-state index is -5.39. The van der Waals surface area contributed by atoms with Gasteiger partial charge in [0.2, 0.25) is 0 Å². The molecule has 6 atom stereocenters. The van der Waals surface area contributed by atoms with E-state index in [9.17, 15) is 0 Å². The Hall–Kier alpha value is 2.04. The number of nitrogens with two attached hydrogens (primary N) is 6. The van der Waals surface area contributed by atoms with Crippen LogP contribution in [0.3, 0.4) is 0 Å². The Balaban J connectivity index is -0.000000102. The average Bonchev–Trinajstić information content (AvgIpc) is 2.56. The molecule has 3 aliphatic rings. The normalized spacial score (nSPS) is 35.0. The topological polar surface area (TPSA) is 329 Å². The van der Waals surface area contributed by atoms with Gasteiger partial charge >= 0.3 is 63.2 Å². The molecule has 0 aromatic heterocycles. The summed E-state index contributed by atoms with van der Waals surface area (Å²) in [4.78, 5) is 51.3. The van der Waals surface area contributed by atoms with Gasteiger partial charge in [0.15, 0.2) is 0 Å². The molecule has 0 bridgehead atoms. The third-order valence-corrected chi connectivity index (χ3v) is 5.52. The van der Waals surface area contributed by atoms with Gasteiger partial charge in [-0.15, -0.1) is 0 Å². The third kappa shape index (κ3) is 25.7. The molecule has 3 saturated carbocycles. The van der Waals surface area contributed by atoms with Crippen molar-refractivity contribution < 1.29 is 102 Å². The Kier molecular flexibility index (Phi) is 24.8. The summed E-state index contributed by atoms with van der Waals surface area (Å²) in [7, 11) is -10.8. The van der Waals surface area contributed by atoms with E-state index in [2.05, 4.69) is 0 Å². The van der Waals surface area contributed by atoms with Gasteiger partial charge in [0.25, 0.3) is 0 Å². The van der Waals surface area contributed by atoms with Crippen molar-refractivity contribution in [3.05, 3.63) is 0 Å². The summed E-state index contributed by atoms with van der Waals surface area (Å²) in [6, 6.07) is 0.771. The second-order valence-corrected chi connectivity index (χ2v) is 10.6. The van der Waals surface area contributed by atoms with E-state index < -0.39 is 15.6 Å². The van der Waals surface area contributed by atoms with Gasteiger partial charge in [0.05, 0.1) is 0 Å². The minimum absolute atomic E-state index is 0. The van der Waals surface area contributed by atoms with Gasteiger partial charge in [-0.2, -0.15) is 15.6 Å². The largest absolute Gasteiger partial charge is 2.00 e. The quantitative estimate of drug-likeness (QED) is 0.123. The predicted molar refractivity (Wildman–Crippen MR) is 105 cm³/mol. The maximum absolute atomic E-state index is 8.55. The monoisotopic (exact) mass is 1080 g/mol. The number of rotatable bonds is 0. The Bertz CT molecular complexity index is 550. The molecule has 0 spiro atoms. The van der Waals surface area contributed by atoms with Crippen molar-refractivity contribution in [3.8, 4) is 0 Å². The maximum atomic E-state index is 8.55. The summed E-state index contributed by atoms with van der Waals surface area (Å²) < 4.78 is 17.1. The molecule has 0 heterocycles. The molecule has 0 radical (unpaired) electrons. The van der Waals surface area contributed by atoms with Crippen LogP contribution < -0.4 is 63.8 Å². The fraction of sp³-hybridized carbons (Fsp3) is 1.00. The zero-order valence-electron chi connectivity index (χ0n) is 19.0. The molecule has 3 aliphatic carbocycles. The standard InChI is InChI=1S/3C5H12N2.2H3O4P.3Pt/c3*1-5(7)3-2-4(5)6;2*1-5(2,3)4;;;/h3*4H,2-3,6-7H2,1H3;2*(H3,1,2,3,4);;;/q;;;;;3*+2/p-6/t3*4-,5+;;;;;/m000...../s1. The van der Waals surface area contributed by atoms with E-state index in [1.165, 1.54) is 0 Å². The SMILES string of the molecule is C[C@@]1(N)CC[C@@H]1N.C[C@@]1(N)CC[C@@H]1N.C[C@@]1(N)CC[C@@H]1N.O=P([O-])([O-])[O-].O=P([O-])([O-])[O-].[Pt+2].[Pt+2].[Pt+2]. The fourth-order valence-corrected chi connectivity index (χ4v) is 2.30. The first-order valence-electron chi connectivity index (χ1n) is 9.48. The Morgan fingerprint density at radius 3 is 0.647 bits per heavy atom. The van der Waals surface area contributed by atoms with Gasteiger partial charge in [-0.1, -0.05) is 0 Å². The van der Waals surface area contributed by atoms with Crippen LogP contribution in [0.4, 0.5) is 0 Å². The molecular weight excluding hydrogens is 1040 g/mol. The van der Waals surface area contributed by atoms with E-state index >= 15 is 0 Å². The zero-order chi connectivity index (χ0) is 25.5. The summed E-state index contributed by atoms with van der Waals surface area (Å²) in [6.45, 7) is 6.00. The molecule has 0 aromatic rings. The molecule has 0 aliphatic heterocycles. The van der Waals surface area contributed by atoms with E-state index in [1.807, 2.05) is 20.8 Å². The molecule has 214 valence electrons. The summed E-state index contributed by atoms with van der Waals surface area (Å²) >= 11 is 0. The summed E-state index contributed by atoms with van der Waals surface area (Å²) in [5.41, 5.74) is 33.4. The molecule has 0 aromatic carbocycles. The van der Waals surface area contributed by atoms with Crippen molar-refractivity contribution in [2.24, 2.45) is 34.4 Å². The number of hydrogen-bond donors (Lipinski definition) is 6. The molecule has 0 amide bonds. The van der Waals surface area contributed by atoms with E-state index in [4.69, 9.17) is 72.9 Å². The summed E-state index contributed by atoms with van der Waals surface area (Å²) in [6.07, 6.45) is 6.59. The van der Waals surface area contributed by atoms with Gasteiger partial charge in [-0.05, 0) is 59.3 Å². The van der Waals surface area contributed by atoms with Gasteiger partial charge < -0.3 is 72.9 Å². The summed E-state index contributed by atoms with van der Waals surface area (Å²) in [5, 5.41) is 0. The van der Waals surface area contributed by atoms with Crippen molar-refractivity contribution in [1.82, 2.24) is 0 Å². The van der Waals surface area contributed by atoms with Crippen LogP contribution in [0.25, 0.3) is 0 Å². The second-order valence-electron chi connectivity index (χ2n) is 8.85. The Morgan fingerprint density at radius 2 is 0.647 bits per heavy atom. The molecule has 0 unspecified atom stereocenters. The van der Waals surface area contributed by atoms with Crippen molar-refractivity contribution in [2.45, 2.75) is 94.0 Å². The van der Waals surface area contributed by atoms with E-state index in [1.54, 1.807) is 0 Å². The van der Waals surface area contributed by atoms with Crippen LogP contribution in [-0.4, -0.2) is 34.7 Å². The van der Waals surface area contributed by atoms with Crippen LogP contribution in [0.1, 0.15) is 59.3 Å². The molecule has 34 heavy (non-hydrogen) atoms. The number of phosphoric acid groups is 2. The Labute approximate surface area is 244 Å². The molecule has 0 saturated heterocycles. The minimum Gasteiger partial charge on any atom is -0.822 e. The van der Waals surface area contributed by atoms with E-state index in [0.717, 1.165) is 38.5 Å². The molecule has 3 rings (SSSR count). The molecular formula is C15H36N6O8P2Pt3. The van der Waals surface area contributed by atoms with Crippen molar-refractivity contribution in [1.29, 1.82) is 0 Å². The van der Waals surface area contributed by atoms with Crippen molar-refractivity contribution >= 4 is 15.6 Å². The number of hydrogen-bond acceptors (Lipinski definition) is 14. The maximum Gasteiger partial charge on any atom is 2.00 e. The predicted octanol–water partition coefficient (Wildman–Crippen LogP) is -6.18. The molecule has 19 heteroatoms. The third-order valence-electron chi connectivity index (χ3n) is 5.52. The first-order valence-corrected chi connectivity index (χ1v) is 12.4. The van der Waals surface area contributed by atoms with Crippen LogP contribution in [0, 0.1) is 0 Å². The smallest absolute Gasteiger partial charge is 0.822 e. The van der Waals surface area contributed by atoms with E-state index in [0.29, 0.717) is 0 Å². The first kappa shape index (κ1) is 45.9. The van der Waals surface area contributed by atoms with Crippen molar-refractivity contribution in [3.63, 3.8) is 0 Å². The second kappa shape index (κ2) is 18.4. The van der Waals surface area contributed by atoms with Gasteiger partial charge in [0.1, 0.15) is 0 Å². The first-order chi connectivity index (χ1) is 13.4. The Morgan fingerprint density at radius 1 is 0.559 bits per heavy atom. The average molecular weight is 1080 g/mol. The van der Waals surface area contributed by atoms with Crippen LogP contribution >= 0.6 is 15.6 Å². The molecule has 12 N–H and O–H groups in total. The van der Waals surface area contributed by atoms with Gasteiger partial charge in [0, 0.05) is 34.7 Å². The summed E-state index contributed by atoms with van der Waals surface area (Å²) in [5.74, 6) is 0.